The van der Waals surface area contributed by atoms with Gasteiger partial charge in [0.2, 0.25) is 0 Å². The van der Waals surface area contributed by atoms with E-state index in [0.29, 0.717) is 0 Å². The van der Waals surface area contributed by atoms with Crippen LogP contribution in [0.1, 0.15) is 25.3 Å². The molecule has 0 N–H and O–H groups in total. The van der Waals surface area contributed by atoms with E-state index in [4.69, 9.17) is 4.74 Å². The van der Waals surface area contributed by atoms with E-state index in [9.17, 15) is 4.79 Å². The van der Waals surface area contributed by atoms with Crippen molar-refractivity contribution in [2.75, 3.05) is 26.1 Å². The van der Waals surface area contributed by atoms with Gasteiger partial charge in [-0.05, 0) is 23.6 Å². The van der Waals surface area contributed by atoms with Crippen molar-refractivity contribution in [1.29, 1.82) is 0 Å². The Morgan fingerprint density at radius 1 is 1.18 bits per heavy atom. The molecule has 94 valence electrons. The van der Waals surface area contributed by atoms with Gasteiger partial charge in [0.1, 0.15) is 0 Å². The van der Waals surface area contributed by atoms with E-state index in [2.05, 4.69) is 0 Å². The number of methoxy groups -OCH3 is 1. The van der Waals surface area contributed by atoms with E-state index in [0.717, 1.165) is 11.3 Å². The molecule has 0 heterocycles. The predicted octanol–water partition coefficient (Wildman–Crippen LogP) is 2.67. The van der Waals surface area contributed by atoms with Crippen molar-refractivity contribution < 1.29 is 9.53 Å². The third-order valence-electron chi connectivity index (χ3n) is 2.89. The average Bonchev–Trinajstić information content (AvgIpc) is 2.29. The van der Waals surface area contributed by atoms with Gasteiger partial charge in [-0.2, -0.15) is 0 Å². The Kier molecular flexibility index (Phi) is 4.55. The number of esters is 1. The molecule has 1 rings (SSSR count). The SMILES string of the molecule is COC(=O)C(c1ccc(N(C)C)cc1)C(C)C. The Balaban J connectivity index is 3.00. The molecule has 0 fully saturated rings. The van der Waals surface area contributed by atoms with Crippen LogP contribution in [0.4, 0.5) is 5.69 Å². The van der Waals surface area contributed by atoms with E-state index >= 15 is 0 Å². The van der Waals surface area contributed by atoms with Crippen LogP contribution < -0.4 is 4.90 Å². The van der Waals surface area contributed by atoms with E-state index in [1.807, 2.05) is 57.1 Å². The lowest BCUT2D eigenvalue weighted by atomic mass is 9.88. The smallest absolute Gasteiger partial charge is 0.313 e. The minimum absolute atomic E-state index is 0.169. The Morgan fingerprint density at radius 2 is 1.71 bits per heavy atom. The van der Waals surface area contributed by atoms with E-state index in [1.165, 1.54) is 7.11 Å². The zero-order valence-corrected chi connectivity index (χ0v) is 11.2. The van der Waals surface area contributed by atoms with Gasteiger partial charge in [0.25, 0.3) is 0 Å². The maximum atomic E-state index is 11.7. The Hall–Kier alpha value is -1.51. The van der Waals surface area contributed by atoms with Crippen molar-refractivity contribution in [2.45, 2.75) is 19.8 Å². The summed E-state index contributed by atoms with van der Waals surface area (Å²) in [6.07, 6.45) is 0. The minimum atomic E-state index is -0.184. The number of nitrogens with zero attached hydrogens (tertiary/aromatic N) is 1. The molecule has 3 nitrogen and oxygen atoms in total. The summed E-state index contributed by atoms with van der Waals surface area (Å²) in [4.78, 5) is 13.8. The first kappa shape index (κ1) is 13.6. The fourth-order valence-corrected chi connectivity index (χ4v) is 1.90. The number of rotatable bonds is 4. The summed E-state index contributed by atoms with van der Waals surface area (Å²) in [5, 5.41) is 0. The van der Waals surface area contributed by atoms with Gasteiger partial charge in [-0.1, -0.05) is 26.0 Å². The lowest BCUT2D eigenvalue weighted by molar-refractivity contribution is -0.143. The summed E-state index contributed by atoms with van der Waals surface area (Å²) in [5.41, 5.74) is 2.14. The van der Waals surface area contributed by atoms with E-state index in [-0.39, 0.29) is 17.8 Å². The number of anilines is 1. The predicted molar refractivity (Wildman–Crippen MR) is 70.4 cm³/mol. The Morgan fingerprint density at radius 3 is 2.06 bits per heavy atom. The monoisotopic (exact) mass is 235 g/mol. The van der Waals surface area contributed by atoms with Crippen LogP contribution in [0.15, 0.2) is 24.3 Å². The van der Waals surface area contributed by atoms with Crippen molar-refractivity contribution in [2.24, 2.45) is 5.92 Å². The van der Waals surface area contributed by atoms with E-state index in [1.54, 1.807) is 0 Å². The van der Waals surface area contributed by atoms with Crippen LogP contribution in [0.5, 0.6) is 0 Å². The second-order valence-corrected chi connectivity index (χ2v) is 4.73. The minimum Gasteiger partial charge on any atom is -0.469 e. The highest BCUT2D eigenvalue weighted by molar-refractivity contribution is 5.78. The van der Waals surface area contributed by atoms with Gasteiger partial charge >= 0.3 is 5.97 Å². The molecule has 0 aliphatic heterocycles. The van der Waals surface area contributed by atoms with Crippen molar-refractivity contribution in [3.63, 3.8) is 0 Å². The topological polar surface area (TPSA) is 29.5 Å². The first-order chi connectivity index (χ1) is 7.97. The third-order valence-corrected chi connectivity index (χ3v) is 2.89. The van der Waals surface area contributed by atoms with Crippen LogP contribution in [0.2, 0.25) is 0 Å². The molecule has 0 saturated heterocycles. The number of carbonyl (C=O) groups is 1. The van der Waals surface area contributed by atoms with Crippen LogP contribution in [-0.2, 0) is 9.53 Å². The largest absolute Gasteiger partial charge is 0.469 e. The second-order valence-electron chi connectivity index (χ2n) is 4.73. The van der Waals surface area contributed by atoms with Crippen LogP contribution in [0.25, 0.3) is 0 Å². The highest BCUT2D eigenvalue weighted by Gasteiger charge is 2.24. The highest BCUT2D eigenvalue weighted by atomic mass is 16.5. The Labute approximate surface area is 103 Å². The first-order valence-electron chi connectivity index (χ1n) is 5.82. The zero-order valence-electron chi connectivity index (χ0n) is 11.2. The molecule has 3 heteroatoms. The Bertz CT molecular complexity index is 368. The number of benzene rings is 1. The normalized spacial score (nSPS) is 12.4. The first-order valence-corrected chi connectivity index (χ1v) is 5.82. The summed E-state index contributed by atoms with van der Waals surface area (Å²) in [5.74, 6) is -0.124. The maximum absolute atomic E-state index is 11.7. The summed E-state index contributed by atoms with van der Waals surface area (Å²) < 4.78 is 4.86. The van der Waals surface area contributed by atoms with Gasteiger partial charge in [-0.3, -0.25) is 4.79 Å². The molecule has 0 aromatic heterocycles. The molecule has 0 radical (unpaired) electrons. The van der Waals surface area contributed by atoms with Crippen molar-refractivity contribution >= 4 is 11.7 Å². The zero-order chi connectivity index (χ0) is 13.0. The fraction of sp³-hybridized carbons (Fsp3) is 0.500. The van der Waals surface area contributed by atoms with Crippen LogP contribution >= 0.6 is 0 Å². The highest BCUT2D eigenvalue weighted by Crippen LogP contribution is 2.27. The molecule has 0 aliphatic carbocycles. The third kappa shape index (κ3) is 3.22. The molecule has 1 aromatic rings. The number of ether oxygens (including phenoxy) is 1. The van der Waals surface area contributed by atoms with Crippen molar-refractivity contribution in [3.05, 3.63) is 29.8 Å². The van der Waals surface area contributed by atoms with Crippen molar-refractivity contribution in [1.82, 2.24) is 0 Å². The van der Waals surface area contributed by atoms with Gasteiger partial charge in [0.15, 0.2) is 0 Å². The molecule has 1 aromatic carbocycles. The molecular formula is C14H21NO2. The summed E-state index contributed by atoms with van der Waals surface area (Å²) in [6, 6.07) is 8.04. The lowest BCUT2D eigenvalue weighted by Crippen LogP contribution is -2.19. The number of hydrogen-bond acceptors (Lipinski definition) is 3. The molecule has 0 aliphatic rings. The molecule has 0 bridgehead atoms. The molecule has 0 saturated carbocycles. The van der Waals surface area contributed by atoms with Gasteiger partial charge in [-0.15, -0.1) is 0 Å². The van der Waals surface area contributed by atoms with Gasteiger partial charge in [0.05, 0.1) is 13.0 Å². The molecule has 1 atom stereocenters. The number of hydrogen-bond donors (Lipinski definition) is 0. The number of carbonyl (C=O) groups excluding carboxylic acids is 1. The van der Waals surface area contributed by atoms with Crippen LogP contribution in [-0.4, -0.2) is 27.2 Å². The molecule has 1 unspecified atom stereocenters. The molecular weight excluding hydrogens is 214 g/mol. The molecule has 0 spiro atoms. The summed E-state index contributed by atoms with van der Waals surface area (Å²) in [7, 11) is 5.43. The maximum Gasteiger partial charge on any atom is 0.313 e. The van der Waals surface area contributed by atoms with Crippen molar-refractivity contribution in [3.8, 4) is 0 Å². The standard InChI is InChI=1S/C14H21NO2/c1-10(2)13(14(16)17-5)11-6-8-12(9-7-11)15(3)4/h6-10,13H,1-5H3. The second kappa shape index (κ2) is 5.71. The average molecular weight is 235 g/mol. The lowest BCUT2D eigenvalue weighted by Gasteiger charge is -2.20. The quantitative estimate of drug-likeness (QED) is 0.751. The molecule has 17 heavy (non-hydrogen) atoms. The van der Waals surface area contributed by atoms with Gasteiger partial charge < -0.3 is 9.64 Å². The summed E-state index contributed by atoms with van der Waals surface area (Å²) in [6.45, 7) is 4.06. The van der Waals surface area contributed by atoms with E-state index < -0.39 is 0 Å². The van der Waals surface area contributed by atoms with Crippen LogP contribution in [0, 0.1) is 5.92 Å². The summed E-state index contributed by atoms with van der Waals surface area (Å²) >= 11 is 0. The fourth-order valence-electron chi connectivity index (χ4n) is 1.90. The van der Waals surface area contributed by atoms with Crippen LogP contribution in [0.3, 0.4) is 0 Å². The van der Waals surface area contributed by atoms with Gasteiger partial charge in [-0.25, -0.2) is 0 Å². The molecule has 0 amide bonds. The van der Waals surface area contributed by atoms with Gasteiger partial charge in [0, 0.05) is 19.8 Å².